The van der Waals surface area contributed by atoms with Gasteiger partial charge in [-0.15, -0.1) is 0 Å². The number of aryl methyl sites for hydroxylation is 1. The number of nitrogens with zero attached hydrogens (tertiary/aromatic N) is 2. The van der Waals surface area contributed by atoms with Crippen LogP contribution in [0, 0.1) is 13.8 Å². The second kappa shape index (κ2) is 8.56. The first-order chi connectivity index (χ1) is 17.8. The summed E-state index contributed by atoms with van der Waals surface area (Å²) in [4.78, 5) is 17.9. The molecule has 0 saturated carbocycles. The van der Waals surface area contributed by atoms with Gasteiger partial charge < -0.3 is 34.1 Å². The van der Waals surface area contributed by atoms with E-state index in [0.717, 1.165) is 33.4 Å². The number of phenolic OH excluding ortho intramolecular Hbond substituents is 1. The number of fused-ring (bicyclic) bond motifs is 9. The molecular formula is C28H32N2O7. The molecule has 9 heteroatoms. The van der Waals surface area contributed by atoms with Gasteiger partial charge in [0.25, 0.3) is 0 Å². The summed E-state index contributed by atoms with van der Waals surface area (Å²) in [6.07, 6.45) is 2.60. The summed E-state index contributed by atoms with van der Waals surface area (Å²) in [6.45, 7) is 7.69. The van der Waals surface area contributed by atoms with E-state index in [0.29, 0.717) is 42.4 Å². The van der Waals surface area contributed by atoms with E-state index in [1.54, 1.807) is 18.1 Å². The topological polar surface area (TPSA) is 101 Å². The van der Waals surface area contributed by atoms with Gasteiger partial charge in [0, 0.05) is 22.3 Å². The van der Waals surface area contributed by atoms with Gasteiger partial charge in [-0.1, -0.05) is 18.7 Å². The van der Waals surface area contributed by atoms with Crippen molar-refractivity contribution in [1.82, 2.24) is 9.80 Å². The highest BCUT2D eigenvalue weighted by atomic mass is 16.7. The Morgan fingerprint density at radius 2 is 1.95 bits per heavy atom. The summed E-state index contributed by atoms with van der Waals surface area (Å²) in [7, 11) is 3.48. The summed E-state index contributed by atoms with van der Waals surface area (Å²) in [5.41, 5.74) is 4.99. The Balaban J connectivity index is 1.59. The molecule has 2 N–H and O–H groups in total. The van der Waals surface area contributed by atoms with Gasteiger partial charge in [0.2, 0.25) is 12.7 Å². The lowest BCUT2D eigenvalue weighted by Gasteiger charge is -2.57. The van der Waals surface area contributed by atoms with Gasteiger partial charge >= 0.3 is 0 Å². The fourth-order valence-corrected chi connectivity index (χ4v) is 6.95. The highest BCUT2D eigenvalue weighted by Crippen LogP contribution is 2.57. The molecule has 9 nitrogen and oxygen atoms in total. The monoisotopic (exact) mass is 508 g/mol. The number of amides is 1. The number of aromatic hydroxyl groups is 1. The molecule has 1 amide bonds. The zero-order chi connectivity index (χ0) is 26.2. The molecule has 4 atom stereocenters. The SMILES string of the molecule is C=CCOc1c(C)c2c(c3c1C[C@H]1[C@H]4c5c(cc(C)c(OC)c5O)CC(C(=O)N1[C@H]3CO)N4C)OCO2. The van der Waals surface area contributed by atoms with Crippen molar-refractivity contribution in [1.29, 1.82) is 0 Å². The van der Waals surface area contributed by atoms with Gasteiger partial charge in [-0.25, -0.2) is 0 Å². The van der Waals surface area contributed by atoms with Crippen LogP contribution in [0.4, 0.5) is 0 Å². The first-order valence-corrected chi connectivity index (χ1v) is 12.6. The lowest BCUT2D eigenvalue weighted by Crippen LogP contribution is -2.66. The largest absolute Gasteiger partial charge is 0.504 e. The van der Waals surface area contributed by atoms with Crippen LogP contribution in [0.1, 0.15) is 45.5 Å². The van der Waals surface area contributed by atoms with Gasteiger partial charge in [0.05, 0.1) is 37.9 Å². The number of benzene rings is 2. The molecule has 4 heterocycles. The lowest BCUT2D eigenvalue weighted by atomic mass is 9.73. The number of phenols is 1. The Hall–Kier alpha value is -3.43. The Labute approximate surface area is 215 Å². The van der Waals surface area contributed by atoms with Crippen LogP contribution in [0.25, 0.3) is 0 Å². The van der Waals surface area contributed by atoms with E-state index in [9.17, 15) is 15.0 Å². The molecule has 4 aliphatic rings. The molecular weight excluding hydrogens is 476 g/mol. The van der Waals surface area contributed by atoms with Crippen molar-refractivity contribution in [3.63, 3.8) is 0 Å². The van der Waals surface area contributed by atoms with E-state index in [1.165, 1.54) is 0 Å². The molecule has 2 aromatic rings. The first-order valence-electron chi connectivity index (χ1n) is 12.6. The number of likely N-dealkylation sites (N-methyl/N-ethyl adjacent to an activating group) is 1. The van der Waals surface area contributed by atoms with Crippen LogP contribution in [0.2, 0.25) is 0 Å². The highest BCUT2D eigenvalue weighted by molar-refractivity contribution is 5.86. The van der Waals surface area contributed by atoms with Crippen LogP contribution in [0.3, 0.4) is 0 Å². The summed E-state index contributed by atoms with van der Waals surface area (Å²) < 4.78 is 23.4. The van der Waals surface area contributed by atoms with Crippen molar-refractivity contribution in [2.24, 2.45) is 0 Å². The molecule has 0 spiro atoms. The van der Waals surface area contributed by atoms with E-state index in [2.05, 4.69) is 11.5 Å². The van der Waals surface area contributed by atoms with Gasteiger partial charge in [-0.2, -0.15) is 0 Å². The number of hydrogen-bond donors (Lipinski definition) is 2. The third-order valence-corrected chi connectivity index (χ3v) is 8.41. The number of rotatable bonds is 5. The molecule has 6 rings (SSSR count). The van der Waals surface area contributed by atoms with Crippen molar-refractivity contribution in [3.05, 3.63) is 52.1 Å². The Bertz CT molecular complexity index is 1320. The maximum atomic E-state index is 14.1. The third kappa shape index (κ3) is 3.13. The van der Waals surface area contributed by atoms with Crippen molar-refractivity contribution >= 4 is 5.91 Å². The normalized spacial score (nSPS) is 25.3. The van der Waals surface area contributed by atoms with E-state index in [4.69, 9.17) is 18.9 Å². The molecule has 2 aromatic carbocycles. The van der Waals surface area contributed by atoms with Crippen LogP contribution in [-0.2, 0) is 17.6 Å². The van der Waals surface area contributed by atoms with Crippen LogP contribution in [0.15, 0.2) is 18.7 Å². The molecule has 4 aliphatic heterocycles. The maximum Gasteiger partial charge on any atom is 0.241 e. The third-order valence-electron chi connectivity index (χ3n) is 8.41. The number of ether oxygens (including phenoxy) is 4. The Morgan fingerprint density at radius 1 is 1.19 bits per heavy atom. The number of carbonyl (C=O) groups is 1. The lowest BCUT2D eigenvalue weighted by molar-refractivity contribution is -0.158. The molecule has 0 aromatic heterocycles. The summed E-state index contributed by atoms with van der Waals surface area (Å²) in [5.74, 6) is 2.31. The summed E-state index contributed by atoms with van der Waals surface area (Å²) in [5, 5.41) is 22.1. The standard InChI is InChI=1S/C28H32N2O7/c1-6-7-35-25-14(3)26-27(37-12-36-26)21-16(25)10-17-22-20-15(8-13(2)24(34-5)23(20)32)9-18(29(22)4)28(33)30(17)19(21)11-31/h6,8,17-19,22,31-32H,1,7,9-12H2,2-5H3/t17-,18?,19-,22-/m0/s1. The van der Waals surface area contributed by atoms with Gasteiger partial charge in [-0.05, 0) is 44.9 Å². The average Bonchev–Trinajstić information content (AvgIpc) is 3.37. The van der Waals surface area contributed by atoms with Gasteiger partial charge in [0.15, 0.2) is 23.0 Å². The molecule has 2 bridgehead atoms. The number of aliphatic hydroxyl groups is 1. The second-order valence-electron chi connectivity index (χ2n) is 10.2. The smallest absolute Gasteiger partial charge is 0.241 e. The Morgan fingerprint density at radius 3 is 2.65 bits per heavy atom. The molecule has 1 unspecified atom stereocenters. The molecule has 1 saturated heterocycles. The number of methoxy groups -OCH3 is 1. The minimum atomic E-state index is -0.641. The fourth-order valence-electron chi connectivity index (χ4n) is 6.95. The van der Waals surface area contributed by atoms with Crippen LogP contribution in [-0.4, -0.2) is 72.2 Å². The minimum Gasteiger partial charge on any atom is -0.504 e. The molecule has 196 valence electrons. The average molecular weight is 509 g/mol. The number of piperazine rings is 1. The number of hydrogen-bond acceptors (Lipinski definition) is 8. The van der Waals surface area contributed by atoms with E-state index < -0.39 is 12.1 Å². The fraction of sp³-hybridized carbons (Fsp3) is 0.464. The zero-order valence-corrected chi connectivity index (χ0v) is 21.5. The van der Waals surface area contributed by atoms with E-state index >= 15 is 0 Å². The van der Waals surface area contributed by atoms with Crippen LogP contribution < -0.4 is 18.9 Å². The minimum absolute atomic E-state index is 0.0474. The van der Waals surface area contributed by atoms with Crippen molar-refractivity contribution < 1.29 is 34.0 Å². The van der Waals surface area contributed by atoms with E-state index in [-0.39, 0.29) is 37.1 Å². The summed E-state index contributed by atoms with van der Waals surface area (Å²) in [6, 6.07) is 0.301. The predicted molar refractivity (Wildman–Crippen MR) is 135 cm³/mol. The van der Waals surface area contributed by atoms with Crippen LogP contribution >= 0.6 is 0 Å². The highest BCUT2D eigenvalue weighted by Gasteiger charge is 2.56. The molecule has 0 radical (unpaired) electrons. The Kier molecular flexibility index (Phi) is 5.54. The second-order valence-corrected chi connectivity index (χ2v) is 10.2. The van der Waals surface area contributed by atoms with Crippen molar-refractivity contribution in [2.75, 3.05) is 34.2 Å². The predicted octanol–water partition coefficient (Wildman–Crippen LogP) is 2.71. The summed E-state index contributed by atoms with van der Waals surface area (Å²) >= 11 is 0. The number of carbonyl (C=O) groups excluding carboxylic acids is 1. The van der Waals surface area contributed by atoms with Gasteiger partial charge in [-0.3, -0.25) is 9.69 Å². The molecule has 37 heavy (non-hydrogen) atoms. The van der Waals surface area contributed by atoms with Gasteiger partial charge in [0.1, 0.15) is 12.4 Å². The zero-order valence-electron chi connectivity index (χ0n) is 21.5. The quantitative estimate of drug-likeness (QED) is 0.595. The van der Waals surface area contributed by atoms with Crippen molar-refractivity contribution in [3.8, 4) is 28.7 Å². The number of aliphatic hydroxyl groups excluding tert-OH is 1. The molecule has 0 aliphatic carbocycles. The van der Waals surface area contributed by atoms with Crippen LogP contribution in [0.5, 0.6) is 28.7 Å². The van der Waals surface area contributed by atoms with Crippen molar-refractivity contribution in [2.45, 2.75) is 50.9 Å². The molecule has 1 fully saturated rings. The maximum absolute atomic E-state index is 14.1. The van der Waals surface area contributed by atoms with E-state index in [1.807, 2.05) is 27.0 Å². The first kappa shape index (κ1) is 23.9.